The fourth-order valence-electron chi connectivity index (χ4n) is 2.69. The molecule has 1 heterocycles. The summed E-state index contributed by atoms with van der Waals surface area (Å²) in [5.74, 6) is 0.301. The number of hydrogen-bond donors (Lipinski definition) is 2. The number of benzene rings is 2. The number of para-hydroxylation sites is 1. The van der Waals surface area contributed by atoms with Gasteiger partial charge in [0.25, 0.3) is 0 Å². The van der Waals surface area contributed by atoms with Gasteiger partial charge in [-0.1, -0.05) is 24.3 Å². The normalized spacial score (nSPS) is 10.8. The summed E-state index contributed by atoms with van der Waals surface area (Å²) in [5, 5.41) is 23.6. The van der Waals surface area contributed by atoms with Gasteiger partial charge in [0.1, 0.15) is 11.6 Å². The molecule has 26 heavy (non-hydrogen) atoms. The van der Waals surface area contributed by atoms with Crippen LogP contribution in [0, 0.1) is 0 Å². The molecule has 2 N–H and O–H groups in total. The molecule has 1 aromatic heterocycles. The predicted molar refractivity (Wildman–Crippen MR) is 94.8 cm³/mol. The molecule has 7 heteroatoms. The van der Waals surface area contributed by atoms with E-state index in [1.165, 1.54) is 6.07 Å². The third-order valence-electron chi connectivity index (χ3n) is 3.88. The predicted octanol–water partition coefficient (Wildman–Crippen LogP) is 2.45. The summed E-state index contributed by atoms with van der Waals surface area (Å²) >= 11 is 0. The van der Waals surface area contributed by atoms with Crippen molar-refractivity contribution in [1.82, 2.24) is 14.8 Å². The Hall–Kier alpha value is -3.19. The average Bonchev–Trinajstić information content (AvgIpc) is 3.02. The summed E-state index contributed by atoms with van der Waals surface area (Å²) in [4.78, 5) is 16.1. The Labute approximate surface area is 150 Å². The highest BCUT2D eigenvalue weighted by Gasteiger charge is 2.17. The van der Waals surface area contributed by atoms with Gasteiger partial charge in [-0.3, -0.25) is 0 Å². The average molecular weight is 353 g/mol. The van der Waals surface area contributed by atoms with Crippen molar-refractivity contribution in [3.8, 4) is 11.4 Å². The molecule has 0 bridgehead atoms. The molecule has 0 fully saturated rings. The lowest BCUT2D eigenvalue weighted by Crippen LogP contribution is -2.10. The van der Waals surface area contributed by atoms with E-state index in [1.807, 2.05) is 6.07 Å². The minimum atomic E-state index is -1.03. The highest BCUT2D eigenvalue weighted by Crippen LogP contribution is 2.20. The topological polar surface area (TPSA) is 97.5 Å². The van der Waals surface area contributed by atoms with Gasteiger partial charge in [-0.05, 0) is 29.8 Å². The molecule has 0 unspecified atom stereocenters. The highest BCUT2D eigenvalue weighted by atomic mass is 16.5. The van der Waals surface area contributed by atoms with E-state index in [-0.39, 0.29) is 11.3 Å². The molecule has 134 valence electrons. The first-order chi connectivity index (χ1) is 12.6. The van der Waals surface area contributed by atoms with Crippen LogP contribution in [0.5, 0.6) is 5.75 Å². The summed E-state index contributed by atoms with van der Waals surface area (Å²) in [5.41, 5.74) is 1.45. The van der Waals surface area contributed by atoms with Crippen molar-refractivity contribution in [1.29, 1.82) is 0 Å². The number of phenols is 1. The molecular weight excluding hydrogens is 334 g/mol. The fourth-order valence-corrected chi connectivity index (χ4v) is 2.69. The van der Waals surface area contributed by atoms with Gasteiger partial charge in [-0.15, -0.1) is 0 Å². The Kier molecular flexibility index (Phi) is 5.28. The zero-order chi connectivity index (χ0) is 18.5. The third kappa shape index (κ3) is 3.89. The van der Waals surface area contributed by atoms with Gasteiger partial charge >= 0.3 is 5.97 Å². The first-order valence-corrected chi connectivity index (χ1v) is 8.13. The number of methoxy groups -OCH3 is 1. The second-order valence-corrected chi connectivity index (χ2v) is 5.77. The second kappa shape index (κ2) is 7.79. The number of carboxylic acids is 1. The molecule has 2 aromatic carbocycles. The summed E-state index contributed by atoms with van der Waals surface area (Å²) < 4.78 is 6.63. The van der Waals surface area contributed by atoms with Gasteiger partial charge in [-0.25, -0.2) is 14.5 Å². The number of nitrogens with zero attached hydrogens (tertiary/aromatic N) is 3. The minimum absolute atomic E-state index is 0.146. The Balaban J connectivity index is 2.05. The molecule has 0 aliphatic heterocycles. The van der Waals surface area contributed by atoms with Crippen LogP contribution in [0.3, 0.4) is 0 Å². The third-order valence-corrected chi connectivity index (χ3v) is 3.88. The number of aromatic hydroxyl groups is 1. The number of carboxylic acid groups (broad SMARTS) is 1. The lowest BCUT2D eigenvalue weighted by Gasteiger charge is -2.09. The number of aromatic carboxylic acids is 1. The monoisotopic (exact) mass is 353 g/mol. The van der Waals surface area contributed by atoms with Gasteiger partial charge in [0.05, 0.1) is 17.9 Å². The van der Waals surface area contributed by atoms with Crippen LogP contribution in [-0.2, 0) is 17.6 Å². The number of rotatable bonds is 7. The van der Waals surface area contributed by atoms with Crippen LogP contribution in [0.4, 0.5) is 0 Å². The molecule has 0 amide bonds. The first-order valence-electron chi connectivity index (χ1n) is 8.13. The molecule has 3 aromatic rings. The summed E-state index contributed by atoms with van der Waals surface area (Å²) in [6.07, 6.45) is 0.925. The molecule has 0 radical (unpaired) electrons. The first kappa shape index (κ1) is 17.6. The Morgan fingerprint density at radius 1 is 1.19 bits per heavy atom. The molecule has 0 spiro atoms. The Bertz CT molecular complexity index is 921. The van der Waals surface area contributed by atoms with Crippen LogP contribution < -0.4 is 0 Å². The summed E-state index contributed by atoms with van der Waals surface area (Å²) in [6, 6.07) is 13.5. The number of hydrogen-bond acceptors (Lipinski definition) is 5. The van der Waals surface area contributed by atoms with E-state index in [9.17, 15) is 15.0 Å². The van der Waals surface area contributed by atoms with Crippen LogP contribution in [-0.4, -0.2) is 44.7 Å². The van der Waals surface area contributed by atoms with E-state index in [4.69, 9.17) is 4.74 Å². The molecule has 0 atom stereocenters. The zero-order valence-corrected chi connectivity index (χ0v) is 14.3. The van der Waals surface area contributed by atoms with Gasteiger partial charge in [0, 0.05) is 20.0 Å². The number of aromatic nitrogens is 3. The smallest absolute Gasteiger partial charge is 0.337 e. The SMILES string of the molecule is COCCc1nc(Cc2cccc(O)c2)n(-c2ccccc2C(=O)O)n1. The minimum Gasteiger partial charge on any atom is -0.508 e. The molecule has 0 aliphatic carbocycles. The van der Waals surface area contributed by atoms with Crippen molar-refractivity contribution in [3.63, 3.8) is 0 Å². The van der Waals surface area contributed by atoms with Crippen LogP contribution in [0.1, 0.15) is 27.6 Å². The van der Waals surface area contributed by atoms with E-state index in [2.05, 4.69) is 10.1 Å². The van der Waals surface area contributed by atoms with E-state index < -0.39 is 5.97 Å². The maximum atomic E-state index is 11.6. The van der Waals surface area contributed by atoms with Gasteiger partial charge in [0.2, 0.25) is 0 Å². The number of phenolic OH excluding ortho intramolecular Hbond substituents is 1. The van der Waals surface area contributed by atoms with Crippen molar-refractivity contribution in [2.75, 3.05) is 13.7 Å². The van der Waals surface area contributed by atoms with Crippen molar-refractivity contribution < 1.29 is 19.7 Å². The molecule has 0 saturated heterocycles. The molecule has 3 rings (SSSR count). The largest absolute Gasteiger partial charge is 0.508 e. The Morgan fingerprint density at radius 3 is 2.73 bits per heavy atom. The highest BCUT2D eigenvalue weighted by molar-refractivity contribution is 5.91. The summed E-state index contributed by atoms with van der Waals surface area (Å²) in [7, 11) is 1.60. The van der Waals surface area contributed by atoms with E-state index >= 15 is 0 Å². The van der Waals surface area contributed by atoms with Crippen molar-refractivity contribution in [2.24, 2.45) is 0 Å². The van der Waals surface area contributed by atoms with Gasteiger partial charge in [-0.2, -0.15) is 5.10 Å². The lowest BCUT2D eigenvalue weighted by molar-refractivity contribution is 0.0696. The maximum absolute atomic E-state index is 11.6. The quantitative estimate of drug-likeness (QED) is 0.677. The van der Waals surface area contributed by atoms with Gasteiger partial charge in [0.15, 0.2) is 5.82 Å². The Morgan fingerprint density at radius 2 is 2.00 bits per heavy atom. The lowest BCUT2D eigenvalue weighted by atomic mass is 10.1. The van der Waals surface area contributed by atoms with Crippen LogP contribution in [0.2, 0.25) is 0 Å². The number of carbonyl (C=O) groups is 1. The van der Waals surface area contributed by atoms with E-state index in [0.717, 1.165) is 5.56 Å². The van der Waals surface area contributed by atoms with Crippen LogP contribution in [0.15, 0.2) is 48.5 Å². The van der Waals surface area contributed by atoms with Crippen molar-refractivity contribution >= 4 is 5.97 Å². The standard InChI is InChI=1S/C19H19N3O4/c1-26-10-9-17-20-18(12-13-5-4-6-14(23)11-13)22(21-17)16-8-3-2-7-15(16)19(24)25/h2-8,11,23H,9-10,12H2,1H3,(H,24,25). The molecule has 0 aliphatic rings. The molecule has 0 saturated carbocycles. The van der Waals surface area contributed by atoms with Crippen molar-refractivity contribution in [2.45, 2.75) is 12.8 Å². The van der Waals surface area contributed by atoms with E-state index in [1.54, 1.807) is 48.2 Å². The zero-order valence-electron chi connectivity index (χ0n) is 14.3. The second-order valence-electron chi connectivity index (χ2n) is 5.77. The van der Waals surface area contributed by atoms with Crippen LogP contribution >= 0.6 is 0 Å². The van der Waals surface area contributed by atoms with E-state index in [0.29, 0.717) is 36.8 Å². The molecular formula is C19H19N3O4. The molecule has 7 nitrogen and oxygen atoms in total. The van der Waals surface area contributed by atoms with Crippen LogP contribution in [0.25, 0.3) is 5.69 Å². The van der Waals surface area contributed by atoms with Gasteiger partial charge < -0.3 is 14.9 Å². The maximum Gasteiger partial charge on any atom is 0.337 e. The summed E-state index contributed by atoms with van der Waals surface area (Å²) in [6.45, 7) is 0.468. The number of ether oxygens (including phenoxy) is 1. The van der Waals surface area contributed by atoms with Crippen molar-refractivity contribution in [3.05, 3.63) is 71.3 Å². The fraction of sp³-hybridized carbons (Fsp3) is 0.211.